The number of hydrogen-bond donors (Lipinski definition) is 1. The molecule has 1 N–H and O–H groups in total. The Morgan fingerprint density at radius 2 is 2.00 bits per heavy atom. The Morgan fingerprint density at radius 1 is 1.25 bits per heavy atom. The molecule has 0 aliphatic heterocycles. The van der Waals surface area contributed by atoms with Gasteiger partial charge in [0.05, 0.1) is 0 Å². The summed E-state index contributed by atoms with van der Waals surface area (Å²) in [5.74, 6) is 1.67. The summed E-state index contributed by atoms with van der Waals surface area (Å²) in [5, 5.41) is 3.52. The number of nitrogens with zero attached hydrogens (tertiary/aromatic N) is 1. The Morgan fingerprint density at radius 3 is 2.65 bits per heavy atom. The Labute approximate surface area is 124 Å². The number of hydrogen-bond acceptors (Lipinski definition) is 2. The van der Waals surface area contributed by atoms with E-state index >= 15 is 0 Å². The fourth-order valence-corrected chi connectivity index (χ4v) is 2.84. The molecule has 0 radical (unpaired) electrons. The van der Waals surface area contributed by atoms with Crippen molar-refractivity contribution >= 4 is 0 Å². The molecule has 1 fully saturated rings. The van der Waals surface area contributed by atoms with Gasteiger partial charge in [0.2, 0.25) is 0 Å². The molecule has 0 heterocycles. The molecule has 1 saturated carbocycles. The van der Waals surface area contributed by atoms with Gasteiger partial charge in [-0.05, 0) is 49.4 Å². The lowest BCUT2D eigenvalue weighted by Crippen LogP contribution is -2.29. The Kier molecular flexibility index (Phi) is 6.06. The molecule has 1 aromatic rings. The van der Waals surface area contributed by atoms with Gasteiger partial charge >= 0.3 is 0 Å². The van der Waals surface area contributed by atoms with Crippen molar-refractivity contribution in [2.45, 2.75) is 46.2 Å². The van der Waals surface area contributed by atoms with E-state index in [9.17, 15) is 0 Å². The first kappa shape index (κ1) is 15.5. The quantitative estimate of drug-likeness (QED) is 0.778. The van der Waals surface area contributed by atoms with Gasteiger partial charge in [0, 0.05) is 19.6 Å². The lowest BCUT2D eigenvalue weighted by molar-refractivity contribution is 0.200. The Bertz CT molecular complexity index is 396. The molecule has 0 unspecified atom stereocenters. The van der Waals surface area contributed by atoms with Crippen LogP contribution in [0.5, 0.6) is 0 Å². The second-order valence-corrected chi connectivity index (χ2v) is 6.84. The third kappa shape index (κ3) is 5.26. The van der Waals surface area contributed by atoms with Crippen LogP contribution in [-0.2, 0) is 13.1 Å². The van der Waals surface area contributed by atoms with E-state index in [2.05, 4.69) is 55.4 Å². The summed E-state index contributed by atoms with van der Waals surface area (Å²) in [7, 11) is 2.25. The zero-order valence-electron chi connectivity index (χ0n) is 13.4. The highest BCUT2D eigenvalue weighted by Crippen LogP contribution is 2.27. The Hall–Kier alpha value is -0.860. The maximum Gasteiger partial charge on any atom is 0.0230 e. The predicted molar refractivity (Wildman–Crippen MR) is 86.7 cm³/mol. The summed E-state index contributed by atoms with van der Waals surface area (Å²) in [6.45, 7) is 8.91. The van der Waals surface area contributed by atoms with E-state index in [0.717, 1.165) is 25.6 Å². The average Bonchev–Trinajstić information content (AvgIpc) is 2.34. The van der Waals surface area contributed by atoms with Gasteiger partial charge in [-0.1, -0.05) is 44.5 Å². The highest BCUT2D eigenvalue weighted by Gasteiger charge is 2.18. The van der Waals surface area contributed by atoms with Crippen molar-refractivity contribution < 1.29 is 0 Å². The molecule has 20 heavy (non-hydrogen) atoms. The molecular weight excluding hydrogens is 244 g/mol. The topological polar surface area (TPSA) is 15.3 Å². The molecule has 1 aliphatic rings. The van der Waals surface area contributed by atoms with Crippen molar-refractivity contribution in [3.05, 3.63) is 35.4 Å². The molecule has 0 amide bonds. The van der Waals surface area contributed by atoms with Crippen LogP contribution in [0.15, 0.2) is 24.3 Å². The molecule has 2 heteroatoms. The van der Waals surface area contributed by atoms with E-state index in [1.807, 2.05) is 0 Å². The van der Waals surface area contributed by atoms with Crippen molar-refractivity contribution in [2.75, 3.05) is 20.1 Å². The van der Waals surface area contributed by atoms with Crippen LogP contribution in [0.4, 0.5) is 0 Å². The van der Waals surface area contributed by atoms with Gasteiger partial charge in [0.25, 0.3) is 0 Å². The lowest BCUT2D eigenvalue weighted by atomic mass is 9.85. The monoisotopic (exact) mass is 274 g/mol. The largest absolute Gasteiger partial charge is 0.312 e. The van der Waals surface area contributed by atoms with Gasteiger partial charge in [-0.15, -0.1) is 0 Å². The lowest BCUT2D eigenvalue weighted by Gasteiger charge is -2.30. The maximum absolute atomic E-state index is 3.52. The molecule has 0 spiro atoms. The van der Waals surface area contributed by atoms with E-state index in [1.165, 1.54) is 36.9 Å². The van der Waals surface area contributed by atoms with Crippen molar-refractivity contribution in [1.82, 2.24) is 10.2 Å². The summed E-state index contributed by atoms with van der Waals surface area (Å²) >= 11 is 0. The van der Waals surface area contributed by atoms with E-state index in [1.54, 1.807) is 0 Å². The minimum Gasteiger partial charge on any atom is -0.312 e. The van der Waals surface area contributed by atoms with Crippen LogP contribution in [-0.4, -0.2) is 25.0 Å². The van der Waals surface area contributed by atoms with Gasteiger partial charge in [-0.3, -0.25) is 0 Å². The van der Waals surface area contributed by atoms with Crippen molar-refractivity contribution in [1.29, 1.82) is 0 Å². The standard InChI is InChI=1S/C18H30N2/c1-15(2)11-19-12-17-8-5-9-18(10-17)14-20(3)13-16-6-4-7-16/h5,8-10,15-16,19H,4,6-7,11-14H2,1-3H3. The van der Waals surface area contributed by atoms with E-state index in [-0.39, 0.29) is 0 Å². The van der Waals surface area contributed by atoms with Crippen LogP contribution in [0.2, 0.25) is 0 Å². The maximum atomic E-state index is 3.52. The molecule has 2 nitrogen and oxygen atoms in total. The molecule has 112 valence electrons. The van der Waals surface area contributed by atoms with E-state index < -0.39 is 0 Å². The second-order valence-electron chi connectivity index (χ2n) is 6.84. The summed E-state index contributed by atoms with van der Waals surface area (Å²) in [4.78, 5) is 2.48. The van der Waals surface area contributed by atoms with Gasteiger partial charge in [0.1, 0.15) is 0 Å². The van der Waals surface area contributed by atoms with Gasteiger partial charge in [0.15, 0.2) is 0 Å². The SMILES string of the molecule is CC(C)CNCc1cccc(CN(C)CC2CCC2)c1. The smallest absolute Gasteiger partial charge is 0.0230 e. The molecule has 2 rings (SSSR count). The molecule has 0 aromatic heterocycles. The van der Waals surface area contributed by atoms with E-state index in [0.29, 0.717) is 5.92 Å². The molecular formula is C18H30N2. The zero-order chi connectivity index (χ0) is 14.4. The molecule has 0 bridgehead atoms. The van der Waals surface area contributed by atoms with Crippen LogP contribution in [0.25, 0.3) is 0 Å². The number of rotatable bonds is 8. The van der Waals surface area contributed by atoms with Crippen LogP contribution in [0.1, 0.15) is 44.2 Å². The zero-order valence-corrected chi connectivity index (χ0v) is 13.4. The van der Waals surface area contributed by atoms with Gasteiger partial charge in [-0.25, -0.2) is 0 Å². The second kappa shape index (κ2) is 7.80. The highest BCUT2D eigenvalue weighted by molar-refractivity contribution is 5.23. The molecule has 1 aliphatic carbocycles. The first-order valence-corrected chi connectivity index (χ1v) is 8.10. The molecule has 0 atom stereocenters. The van der Waals surface area contributed by atoms with Crippen LogP contribution in [0, 0.1) is 11.8 Å². The third-order valence-electron chi connectivity index (χ3n) is 4.12. The van der Waals surface area contributed by atoms with Crippen molar-refractivity contribution in [2.24, 2.45) is 11.8 Å². The summed E-state index contributed by atoms with van der Waals surface area (Å²) in [5.41, 5.74) is 2.84. The average molecular weight is 274 g/mol. The number of benzene rings is 1. The minimum absolute atomic E-state index is 0.715. The van der Waals surface area contributed by atoms with Crippen molar-refractivity contribution in [3.63, 3.8) is 0 Å². The molecule has 1 aromatic carbocycles. The van der Waals surface area contributed by atoms with Crippen LogP contribution < -0.4 is 5.32 Å². The van der Waals surface area contributed by atoms with Crippen molar-refractivity contribution in [3.8, 4) is 0 Å². The van der Waals surface area contributed by atoms with Crippen LogP contribution >= 0.6 is 0 Å². The molecule has 0 saturated heterocycles. The van der Waals surface area contributed by atoms with Crippen LogP contribution in [0.3, 0.4) is 0 Å². The third-order valence-corrected chi connectivity index (χ3v) is 4.12. The Balaban J connectivity index is 1.78. The van der Waals surface area contributed by atoms with E-state index in [4.69, 9.17) is 0 Å². The number of nitrogens with one attached hydrogen (secondary N) is 1. The fraction of sp³-hybridized carbons (Fsp3) is 0.667. The van der Waals surface area contributed by atoms with Gasteiger partial charge < -0.3 is 10.2 Å². The highest BCUT2D eigenvalue weighted by atomic mass is 15.1. The fourth-order valence-electron chi connectivity index (χ4n) is 2.84. The minimum atomic E-state index is 0.715. The summed E-state index contributed by atoms with van der Waals surface area (Å²) in [6, 6.07) is 9.02. The first-order valence-electron chi connectivity index (χ1n) is 8.10. The predicted octanol–water partition coefficient (Wildman–Crippen LogP) is 3.66. The summed E-state index contributed by atoms with van der Waals surface area (Å²) < 4.78 is 0. The normalized spacial score (nSPS) is 15.8. The summed E-state index contributed by atoms with van der Waals surface area (Å²) in [6.07, 6.45) is 4.31. The first-order chi connectivity index (χ1) is 9.63. The van der Waals surface area contributed by atoms with Gasteiger partial charge in [-0.2, -0.15) is 0 Å².